The first kappa shape index (κ1) is 17.5. The van der Waals surface area contributed by atoms with Gasteiger partial charge < -0.3 is 0 Å². The van der Waals surface area contributed by atoms with E-state index in [0.29, 0.717) is 16.1 Å². The van der Waals surface area contributed by atoms with Gasteiger partial charge in [0.1, 0.15) is 5.82 Å². The van der Waals surface area contributed by atoms with Crippen molar-refractivity contribution in [2.75, 3.05) is 10.8 Å². The van der Waals surface area contributed by atoms with Crippen LogP contribution in [-0.4, -0.2) is 15.0 Å². The molecule has 0 N–H and O–H groups in total. The number of hydrogen-bond acceptors (Lipinski definition) is 2. The van der Waals surface area contributed by atoms with Crippen molar-refractivity contribution >= 4 is 27.4 Å². The van der Waals surface area contributed by atoms with E-state index >= 15 is 0 Å². The van der Waals surface area contributed by atoms with Crippen LogP contribution in [0.3, 0.4) is 0 Å². The third kappa shape index (κ3) is 3.15. The number of hydrogen-bond donors (Lipinski definition) is 0. The molecule has 136 valence electrons. The Morgan fingerprint density at radius 2 is 1.56 bits per heavy atom. The zero-order valence-corrected chi connectivity index (χ0v) is 15.6. The van der Waals surface area contributed by atoms with E-state index in [-0.39, 0.29) is 12.4 Å². The summed E-state index contributed by atoms with van der Waals surface area (Å²) < 4.78 is 41.6. The molecule has 0 unspecified atom stereocenters. The van der Waals surface area contributed by atoms with Crippen LogP contribution < -0.4 is 4.31 Å². The average Bonchev–Trinajstić information content (AvgIpc) is 2.68. The highest BCUT2D eigenvalue weighted by atomic mass is 32.2. The summed E-state index contributed by atoms with van der Waals surface area (Å²) in [5, 5.41) is 0. The Labute approximate surface area is 158 Å². The number of benzene rings is 3. The van der Waals surface area contributed by atoms with E-state index in [2.05, 4.69) is 0 Å². The minimum Gasteiger partial charge on any atom is -0.261 e. The van der Waals surface area contributed by atoms with Gasteiger partial charge in [0, 0.05) is 0 Å². The zero-order valence-electron chi connectivity index (χ0n) is 14.8. The monoisotopic (exact) mass is 379 g/mol. The molecule has 0 saturated heterocycles. The van der Waals surface area contributed by atoms with Crippen molar-refractivity contribution in [3.8, 4) is 0 Å². The lowest BCUT2D eigenvalue weighted by Gasteiger charge is -2.31. The molecule has 0 radical (unpaired) electrons. The van der Waals surface area contributed by atoms with E-state index in [1.165, 1.54) is 16.4 Å². The standard InChI is InChI=1S/C22H18FNO2S/c1-16-6-2-5-9-22(16)27(25,26)24-15-19(17-10-12-20(23)13-11-17)14-18-7-3-4-8-21(18)24/h2-14H,15H2,1H3. The molecular weight excluding hydrogens is 361 g/mol. The molecule has 1 aliphatic rings. The molecule has 0 fully saturated rings. The van der Waals surface area contributed by atoms with Crippen molar-refractivity contribution in [2.45, 2.75) is 11.8 Å². The summed E-state index contributed by atoms with van der Waals surface area (Å²) in [5.74, 6) is -0.319. The van der Waals surface area contributed by atoms with E-state index in [1.807, 2.05) is 36.4 Å². The van der Waals surface area contributed by atoms with Crippen molar-refractivity contribution in [3.05, 3.63) is 95.3 Å². The van der Waals surface area contributed by atoms with Crippen molar-refractivity contribution in [2.24, 2.45) is 0 Å². The molecule has 0 saturated carbocycles. The molecule has 0 atom stereocenters. The Balaban J connectivity index is 1.86. The van der Waals surface area contributed by atoms with Gasteiger partial charge in [0.25, 0.3) is 10.0 Å². The van der Waals surface area contributed by atoms with Crippen LogP contribution in [0.15, 0.2) is 77.7 Å². The third-order valence-electron chi connectivity index (χ3n) is 4.73. The summed E-state index contributed by atoms with van der Waals surface area (Å²) in [5.41, 5.74) is 3.79. The van der Waals surface area contributed by atoms with Gasteiger partial charge in [-0.2, -0.15) is 0 Å². The summed E-state index contributed by atoms with van der Waals surface area (Å²) in [4.78, 5) is 0.292. The smallest absolute Gasteiger partial charge is 0.261 e. The highest BCUT2D eigenvalue weighted by Gasteiger charge is 2.31. The van der Waals surface area contributed by atoms with Gasteiger partial charge in [0.15, 0.2) is 0 Å². The first-order chi connectivity index (χ1) is 13.0. The fraction of sp³-hybridized carbons (Fsp3) is 0.0909. The highest BCUT2D eigenvalue weighted by molar-refractivity contribution is 7.93. The second-order valence-corrected chi connectivity index (χ2v) is 8.34. The minimum absolute atomic E-state index is 0.194. The maximum atomic E-state index is 13.4. The Hall–Kier alpha value is -2.92. The van der Waals surface area contributed by atoms with Gasteiger partial charge in [-0.3, -0.25) is 4.31 Å². The molecule has 0 spiro atoms. The van der Waals surface area contributed by atoms with E-state index in [9.17, 15) is 12.8 Å². The van der Waals surface area contributed by atoms with Gasteiger partial charge in [-0.25, -0.2) is 12.8 Å². The van der Waals surface area contributed by atoms with E-state index in [4.69, 9.17) is 0 Å². The topological polar surface area (TPSA) is 37.4 Å². The van der Waals surface area contributed by atoms with Crippen LogP contribution >= 0.6 is 0 Å². The number of halogens is 1. The van der Waals surface area contributed by atoms with Crippen LogP contribution in [0.4, 0.5) is 10.1 Å². The maximum Gasteiger partial charge on any atom is 0.264 e. The largest absolute Gasteiger partial charge is 0.264 e. The molecule has 1 heterocycles. The summed E-state index contributed by atoms with van der Waals surface area (Å²) >= 11 is 0. The summed E-state index contributed by atoms with van der Waals surface area (Å²) in [6.07, 6.45) is 1.96. The Kier molecular flexibility index (Phi) is 4.32. The number of anilines is 1. The van der Waals surface area contributed by atoms with Crippen molar-refractivity contribution in [1.82, 2.24) is 0 Å². The average molecular weight is 379 g/mol. The van der Waals surface area contributed by atoms with Crippen LogP contribution in [0.2, 0.25) is 0 Å². The lowest BCUT2D eigenvalue weighted by Crippen LogP contribution is -2.35. The van der Waals surface area contributed by atoms with E-state index in [1.54, 1.807) is 37.3 Å². The van der Waals surface area contributed by atoms with Crippen LogP contribution in [0.25, 0.3) is 11.6 Å². The van der Waals surface area contributed by atoms with Crippen LogP contribution in [-0.2, 0) is 10.0 Å². The minimum atomic E-state index is -3.74. The SMILES string of the molecule is Cc1ccccc1S(=O)(=O)N1CC(c2ccc(F)cc2)=Cc2ccccc21. The molecule has 0 amide bonds. The molecule has 3 aromatic carbocycles. The van der Waals surface area contributed by atoms with Crippen molar-refractivity contribution < 1.29 is 12.8 Å². The van der Waals surface area contributed by atoms with Gasteiger partial charge in [-0.15, -0.1) is 0 Å². The van der Waals surface area contributed by atoms with Crippen LogP contribution in [0, 0.1) is 12.7 Å². The van der Waals surface area contributed by atoms with Crippen LogP contribution in [0.5, 0.6) is 0 Å². The van der Waals surface area contributed by atoms with Gasteiger partial charge in [0.05, 0.1) is 17.1 Å². The van der Waals surface area contributed by atoms with E-state index in [0.717, 1.165) is 16.7 Å². The molecule has 5 heteroatoms. The number of rotatable bonds is 3. The normalized spacial score (nSPS) is 13.9. The summed E-state index contributed by atoms with van der Waals surface area (Å²) in [6.45, 7) is 1.98. The molecule has 27 heavy (non-hydrogen) atoms. The summed E-state index contributed by atoms with van der Waals surface area (Å²) in [7, 11) is -3.74. The molecule has 3 nitrogen and oxygen atoms in total. The summed E-state index contributed by atoms with van der Waals surface area (Å²) in [6, 6.07) is 20.5. The molecule has 0 aromatic heterocycles. The van der Waals surface area contributed by atoms with Crippen molar-refractivity contribution in [3.63, 3.8) is 0 Å². The lowest BCUT2D eigenvalue weighted by atomic mass is 9.98. The molecular formula is C22H18FNO2S. The zero-order chi connectivity index (χ0) is 19.0. The second-order valence-electron chi connectivity index (χ2n) is 6.51. The van der Waals surface area contributed by atoms with Gasteiger partial charge in [-0.1, -0.05) is 48.5 Å². The fourth-order valence-electron chi connectivity index (χ4n) is 3.33. The number of nitrogens with zero attached hydrogens (tertiary/aromatic N) is 1. The predicted octanol–water partition coefficient (Wildman–Crippen LogP) is 4.88. The molecule has 4 rings (SSSR count). The highest BCUT2D eigenvalue weighted by Crippen LogP contribution is 2.36. The molecule has 3 aromatic rings. The lowest BCUT2D eigenvalue weighted by molar-refractivity contribution is 0.592. The Morgan fingerprint density at radius 3 is 2.30 bits per heavy atom. The maximum absolute atomic E-state index is 13.4. The number of aryl methyl sites for hydroxylation is 1. The molecule has 1 aliphatic heterocycles. The Morgan fingerprint density at radius 1 is 0.889 bits per heavy atom. The van der Waals surface area contributed by atoms with Gasteiger partial charge in [0.2, 0.25) is 0 Å². The quantitative estimate of drug-likeness (QED) is 0.650. The van der Waals surface area contributed by atoms with Gasteiger partial charge in [-0.05, 0) is 59.5 Å². The van der Waals surface area contributed by atoms with E-state index < -0.39 is 10.0 Å². The molecule has 0 aliphatic carbocycles. The van der Waals surface area contributed by atoms with Crippen LogP contribution in [0.1, 0.15) is 16.7 Å². The predicted molar refractivity (Wildman–Crippen MR) is 106 cm³/mol. The second kappa shape index (κ2) is 6.67. The number of fused-ring (bicyclic) bond motifs is 1. The Bertz CT molecular complexity index is 1130. The first-order valence-electron chi connectivity index (χ1n) is 8.61. The first-order valence-corrected chi connectivity index (χ1v) is 10.0. The van der Waals surface area contributed by atoms with Gasteiger partial charge >= 0.3 is 0 Å². The number of sulfonamides is 1. The fourth-order valence-corrected chi connectivity index (χ4v) is 5.02. The molecule has 0 bridgehead atoms. The van der Waals surface area contributed by atoms with Crippen molar-refractivity contribution in [1.29, 1.82) is 0 Å². The number of para-hydroxylation sites is 1. The third-order valence-corrected chi connectivity index (χ3v) is 6.65.